The van der Waals surface area contributed by atoms with E-state index in [4.69, 9.17) is 10.5 Å². The molecule has 2 atom stereocenters. The Labute approximate surface area is 86.1 Å². The van der Waals surface area contributed by atoms with Gasteiger partial charge in [0.15, 0.2) is 0 Å². The van der Waals surface area contributed by atoms with E-state index in [1.165, 1.54) is 5.56 Å². The number of ether oxygens (including phenoxy) is 1. The molecule has 0 radical (unpaired) electrons. The van der Waals surface area contributed by atoms with Gasteiger partial charge < -0.3 is 10.5 Å². The lowest BCUT2D eigenvalue weighted by atomic mass is 10.0. The van der Waals surface area contributed by atoms with Crippen LogP contribution in [0.4, 0.5) is 0 Å². The average molecular weight is 193 g/mol. The molecule has 0 fully saturated rings. The summed E-state index contributed by atoms with van der Waals surface area (Å²) >= 11 is 0. The highest BCUT2D eigenvalue weighted by Crippen LogP contribution is 2.16. The maximum Gasteiger partial charge on any atom is 0.0739 e. The molecule has 1 aromatic rings. The number of hydrogen-bond acceptors (Lipinski definition) is 2. The summed E-state index contributed by atoms with van der Waals surface area (Å²) in [6.07, 6.45) is 0.0720. The van der Waals surface area contributed by atoms with Gasteiger partial charge in [-0.25, -0.2) is 0 Å². The molecule has 1 aromatic carbocycles. The fraction of sp³-hybridized carbons (Fsp3) is 0.500. The highest BCUT2D eigenvalue weighted by atomic mass is 16.5. The van der Waals surface area contributed by atoms with Crippen LogP contribution in [0.1, 0.15) is 31.0 Å². The van der Waals surface area contributed by atoms with E-state index in [9.17, 15) is 0 Å². The maximum absolute atomic E-state index is 6.05. The van der Waals surface area contributed by atoms with Crippen molar-refractivity contribution >= 4 is 0 Å². The normalized spacial score (nSPS) is 15.1. The zero-order valence-electron chi connectivity index (χ0n) is 9.16. The maximum atomic E-state index is 6.05. The Morgan fingerprint density at radius 1 is 1.29 bits per heavy atom. The topological polar surface area (TPSA) is 35.2 Å². The van der Waals surface area contributed by atoms with Crippen LogP contribution in [0.15, 0.2) is 24.3 Å². The van der Waals surface area contributed by atoms with Gasteiger partial charge in [0.1, 0.15) is 0 Å². The Hall–Kier alpha value is -0.860. The fourth-order valence-electron chi connectivity index (χ4n) is 1.43. The van der Waals surface area contributed by atoms with Crippen LogP contribution in [0.3, 0.4) is 0 Å². The third-order valence-corrected chi connectivity index (χ3v) is 2.40. The van der Waals surface area contributed by atoms with Gasteiger partial charge in [-0.1, -0.05) is 29.8 Å². The summed E-state index contributed by atoms with van der Waals surface area (Å²) in [5.74, 6) is 0. The fourth-order valence-corrected chi connectivity index (χ4v) is 1.43. The first-order valence-electron chi connectivity index (χ1n) is 5.09. The second-order valence-corrected chi connectivity index (χ2v) is 3.60. The van der Waals surface area contributed by atoms with E-state index >= 15 is 0 Å². The van der Waals surface area contributed by atoms with Crippen LogP contribution in [0, 0.1) is 6.92 Å². The second kappa shape index (κ2) is 5.13. The third kappa shape index (κ3) is 2.82. The lowest BCUT2D eigenvalue weighted by molar-refractivity contribution is 0.0574. The summed E-state index contributed by atoms with van der Waals surface area (Å²) in [7, 11) is 0. The minimum Gasteiger partial charge on any atom is -0.377 e. The summed E-state index contributed by atoms with van der Waals surface area (Å²) in [6, 6.07) is 8.25. The van der Waals surface area contributed by atoms with Gasteiger partial charge in [-0.05, 0) is 26.3 Å². The van der Waals surface area contributed by atoms with Crippen LogP contribution >= 0.6 is 0 Å². The number of hydrogen-bond donors (Lipinski definition) is 1. The van der Waals surface area contributed by atoms with Crippen molar-refractivity contribution in [3.8, 4) is 0 Å². The van der Waals surface area contributed by atoms with E-state index in [0.717, 1.165) is 5.56 Å². The molecule has 0 amide bonds. The van der Waals surface area contributed by atoms with Gasteiger partial charge in [0, 0.05) is 6.61 Å². The molecular weight excluding hydrogens is 174 g/mol. The van der Waals surface area contributed by atoms with Crippen LogP contribution in [0.5, 0.6) is 0 Å². The SMILES string of the molecule is CCOC(C)C(N)c1ccc(C)cc1. The van der Waals surface area contributed by atoms with Gasteiger partial charge in [-0.15, -0.1) is 0 Å². The van der Waals surface area contributed by atoms with Crippen molar-refractivity contribution in [1.82, 2.24) is 0 Å². The van der Waals surface area contributed by atoms with E-state index in [0.29, 0.717) is 6.61 Å². The van der Waals surface area contributed by atoms with Crippen molar-refractivity contribution in [3.63, 3.8) is 0 Å². The molecule has 0 aromatic heterocycles. The van der Waals surface area contributed by atoms with Crippen LogP contribution in [-0.4, -0.2) is 12.7 Å². The smallest absolute Gasteiger partial charge is 0.0739 e. The van der Waals surface area contributed by atoms with Crippen molar-refractivity contribution in [3.05, 3.63) is 35.4 Å². The Balaban J connectivity index is 2.68. The first-order chi connectivity index (χ1) is 6.65. The molecule has 2 heteroatoms. The largest absolute Gasteiger partial charge is 0.377 e. The van der Waals surface area contributed by atoms with E-state index in [2.05, 4.69) is 31.2 Å². The Kier molecular flexibility index (Phi) is 4.11. The van der Waals surface area contributed by atoms with Crippen LogP contribution in [0.2, 0.25) is 0 Å². The van der Waals surface area contributed by atoms with E-state index in [1.807, 2.05) is 13.8 Å². The summed E-state index contributed by atoms with van der Waals surface area (Å²) < 4.78 is 5.46. The third-order valence-electron chi connectivity index (χ3n) is 2.40. The standard InChI is InChI=1S/C12H19NO/c1-4-14-10(3)12(13)11-7-5-9(2)6-8-11/h5-8,10,12H,4,13H2,1-3H3. The molecule has 0 saturated carbocycles. The quantitative estimate of drug-likeness (QED) is 0.797. The van der Waals surface area contributed by atoms with E-state index < -0.39 is 0 Å². The molecule has 0 aliphatic heterocycles. The van der Waals surface area contributed by atoms with Crippen LogP contribution in [0.25, 0.3) is 0 Å². The number of nitrogens with two attached hydrogens (primary N) is 1. The molecule has 2 unspecified atom stereocenters. The van der Waals surface area contributed by atoms with Crippen molar-refractivity contribution in [2.75, 3.05) is 6.61 Å². The molecular formula is C12H19NO. The Morgan fingerprint density at radius 3 is 2.36 bits per heavy atom. The van der Waals surface area contributed by atoms with Crippen LogP contribution in [-0.2, 0) is 4.74 Å². The van der Waals surface area contributed by atoms with Gasteiger partial charge in [-0.3, -0.25) is 0 Å². The minimum absolute atomic E-state index is 0.0319. The zero-order valence-corrected chi connectivity index (χ0v) is 9.16. The lowest BCUT2D eigenvalue weighted by Gasteiger charge is -2.20. The number of rotatable bonds is 4. The van der Waals surface area contributed by atoms with Gasteiger partial charge in [0.05, 0.1) is 12.1 Å². The van der Waals surface area contributed by atoms with Gasteiger partial charge in [0.2, 0.25) is 0 Å². The first-order valence-corrected chi connectivity index (χ1v) is 5.09. The predicted octanol–water partition coefficient (Wildman–Crippen LogP) is 2.42. The molecule has 78 valence electrons. The van der Waals surface area contributed by atoms with Crippen molar-refractivity contribution in [2.45, 2.75) is 32.9 Å². The predicted molar refractivity (Wildman–Crippen MR) is 59.2 cm³/mol. The van der Waals surface area contributed by atoms with Crippen molar-refractivity contribution in [1.29, 1.82) is 0 Å². The van der Waals surface area contributed by atoms with Gasteiger partial charge in [0.25, 0.3) is 0 Å². The second-order valence-electron chi connectivity index (χ2n) is 3.60. The Bertz CT molecular complexity index is 268. The highest BCUT2D eigenvalue weighted by molar-refractivity contribution is 5.24. The van der Waals surface area contributed by atoms with Crippen LogP contribution < -0.4 is 5.73 Å². The lowest BCUT2D eigenvalue weighted by Crippen LogP contribution is -2.26. The zero-order chi connectivity index (χ0) is 10.6. The molecule has 0 bridgehead atoms. The Morgan fingerprint density at radius 2 is 1.86 bits per heavy atom. The molecule has 0 saturated heterocycles. The summed E-state index contributed by atoms with van der Waals surface area (Å²) in [4.78, 5) is 0. The van der Waals surface area contributed by atoms with Gasteiger partial charge in [-0.2, -0.15) is 0 Å². The average Bonchev–Trinajstić information content (AvgIpc) is 2.18. The summed E-state index contributed by atoms with van der Waals surface area (Å²) in [5.41, 5.74) is 8.44. The molecule has 2 N–H and O–H groups in total. The first kappa shape index (κ1) is 11.2. The van der Waals surface area contributed by atoms with Crippen molar-refractivity contribution in [2.24, 2.45) is 5.73 Å². The molecule has 14 heavy (non-hydrogen) atoms. The highest BCUT2D eigenvalue weighted by Gasteiger charge is 2.14. The molecule has 0 aliphatic rings. The minimum atomic E-state index is -0.0319. The summed E-state index contributed by atoms with van der Waals surface area (Å²) in [6.45, 7) is 6.77. The molecule has 0 spiro atoms. The number of aryl methyl sites for hydroxylation is 1. The molecule has 0 heterocycles. The van der Waals surface area contributed by atoms with Gasteiger partial charge >= 0.3 is 0 Å². The number of benzene rings is 1. The van der Waals surface area contributed by atoms with Crippen molar-refractivity contribution < 1.29 is 4.74 Å². The molecule has 1 rings (SSSR count). The molecule has 0 aliphatic carbocycles. The molecule has 2 nitrogen and oxygen atoms in total. The monoisotopic (exact) mass is 193 g/mol. The van der Waals surface area contributed by atoms with E-state index in [1.54, 1.807) is 0 Å². The van der Waals surface area contributed by atoms with E-state index in [-0.39, 0.29) is 12.1 Å². The summed E-state index contributed by atoms with van der Waals surface area (Å²) in [5, 5.41) is 0.